The van der Waals surface area contributed by atoms with Crippen LogP contribution in [0.15, 0.2) is 24.4 Å². The summed E-state index contributed by atoms with van der Waals surface area (Å²) in [6.07, 6.45) is 7.85. The molecule has 0 saturated carbocycles. The van der Waals surface area contributed by atoms with Gasteiger partial charge in [-0.05, 0) is 50.3 Å². The molecule has 2 saturated heterocycles. The van der Waals surface area contributed by atoms with E-state index in [-0.39, 0.29) is 11.9 Å². The average Bonchev–Trinajstić information content (AvgIpc) is 3.12. The number of amides is 1. The number of aromatic nitrogens is 2. The van der Waals surface area contributed by atoms with Crippen LogP contribution in [0.25, 0.3) is 10.9 Å². The Morgan fingerprint density at radius 3 is 2.96 bits per heavy atom. The van der Waals surface area contributed by atoms with Gasteiger partial charge in [0.15, 0.2) is 0 Å². The van der Waals surface area contributed by atoms with Crippen LogP contribution in [-0.4, -0.2) is 59.4 Å². The monoisotopic (exact) mass is 342 g/mol. The predicted molar refractivity (Wildman–Crippen MR) is 96.6 cm³/mol. The molecular weight excluding hydrogens is 316 g/mol. The Bertz CT molecular complexity index is 715. The first kappa shape index (κ1) is 16.5. The van der Waals surface area contributed by atoms with Crippen molar-refractivity contribution in [3.05, 3.63) is 30.0 Å². The van der Waals surface area contributed by atoms with Gasteiger partial charge in [0.25, 0.3) is 5.91 Å². The van der Waals surface area contributed by atoms with E-state index in [1.165, 1.54) is 19.3 Å². The lowest BCUT2D eigenvalue weighted by Gasteiger charge is -2.35. The Balaban J connectivity index is 1.27. The second kappa shape index (κ2) is 7.54. The number of H-pyrrole nitrogens is 1. The first-order chi connectivity index (χ1) is 12.3. The number of nitrogens with zero attached hydrogens (tertiary/aromatic N) is 2. The molecule has 4 rings (SSSR count). The van der Waals surface area contributed by atoms with Gasteiger partial charge in [-0.25, -0.2) is 0 Å². The number of piperidine rings is 1. The van der Waals surface area contributed by atoms with Crippen molar-refractivity contribution in [2.24, 2.45) is 0 Å². The van der Waals surface area contributed by atoms with Crippen LogP contribution in [0.5, 0.6) is 0 Å². The molecule has 1 unspecified atom stereocenters. The van der Waals surface area contributed by atoms with Gasteiger partial charge in [0.1, 0.15) is 0 Å². The predicted octanol–water partition coefficient (Wildman–Crippen LogP) is 2.33. The molecule has 3 heterocycles. The van der Waals surface area contributed by atoms with Crippen LogP contribution in [0.1, 0.15) is 42.5 Å². The Kier molecular flexibility index (Phi) is 4.99. The molecule has 1 aromatic heterocycles. The lowest BCUT2D eigenvalue weighted by atomic mass is 10.0. The molecular formula is C19H26N4O2. The van der Waals surface area contributed by atoms with Crippen LogP contribution < -0.4 is 5.32 Å². The maximum absolute atomic E-state index is 12.5. The Morgan fingerprint density at radius 1 is 1.28 bits per heavy atom. The molecule has 0 bridgehead atoms. The number of carbonyl (C=O) groups is 1. The summed E-state index contributed by atoms with van der Waals surface area (Å²) in [6.45, 7) is 4.02. The third-order valence-electron chi connectivity index (χ3n) is 5.36. The van der Waals surface area contributed by atoms with Crippen LogP contribution in [0.4, 0.5) is 0 Å². The highest BCUT2D eigenvalue weighted by Crippen LogP contribution is 2.18. The minimum atomic E-state index is 0.0113. The fraction of sp³-hybridized carbons (Fsp3) is 0.579. The number of aromatic amines is 1. The lowest BCUT2D eigenvalue weighted by Crippen LogP contribution is -2.47. The van der Waals surface area contributed by atoms with Crippen LogP contribution in [0.3, 0.4) is 0 Å². The van der Waals surface area contributed by atoms with E-state index in [9.17, 15) is 4.79 Å². The number of hydrogen-bond acceptors (Lipinski definition) is 4. The fourth-order valence-corrected chi connectivity index (χ4v) is 3.85. The molecule has 2 fully saturated rings. The summed E-state index contributed by atoms with van der Waals surface area (Å²) in [7, 11) is 0. The number of carbonyl (C=O) groups excluding carboxylic acids is 1. The van der Waals surface area contributed by atoms with Crippen LogP contribution >= 0.6 is 0 Å². The van der Waals surface area contributed by atoms with Gasteiger partial charge < -0.3 is 15.0 Å². The molecule has 1 aromatic carbocycles. The van der Waals surface area contributed by atoms with E-state index >= 15 is 0 Å². The molecule has 0 aliphatic carbocycles. The number of nitrogens with one attached hydrogen (secondary N) is 2. The van der Waals surface area contributed by atoms with Crippen molar-refractivity contribution in [1.29, 1.82) is 0 Å². The molecule has 2 aromatic rings. The Morgan fingerprint density at radius 2 is 2.16 bits per heavy atom. The van der Waals surface area contributed by atoms with Gasteiger partial charge in [-0.2, -0.15) is 5.10 Å². The zero-order valence-corrected chi connectivity index (χ0v) is 14.5. The molecule has 25 heavy (non-hydrogen) atoms. The summed E-state index contributed by atoms with van der Waals surface area (Å²) in [4.78, 5) is 15.0. The van der Waals surface area contributed by atoms with E-state index in [1.54, 1.807) is 6.20 Å². The highest BCUT2D eigenvalue weighted by atomic mass is 16.5. The molecule has 0 radical (unpaired) electrons. The minimum absolute atomic E-state index is 0.0113. The minimum Gasteiger partial charge on any atom is -0.377 e. The van der Waals surface area contributed by atoms with E-state index in [2.05, 4.69) is 20.4 Å². The smallest absolute Gasteiger partial charge is 0.251 e. The Hall–Kier alpha value is -1.92. The van der Waals surface area contributed by atoms with E-state index in [0.29, 0.717) is 11.7 Å². The third-order valence-corrected chi connectivity index (χ3v) is 5.36. The topological polar surface area (TPSA) is 70.2 Å². The van der Waals surface area contributed by atoms with Gasteiger partial charge in [-0.15, -0.1) is 0 Å². The van der Waals surface area contributed by atoms with Crippen molar-refractivity contribution in [3.8, 4) is 0 Å². The molecule has 6 heteroatoms. The second-order valence-electron chi connectivity index (χ2n) is 7.21. The number of hydrogen-bond donors (Lipinski definition) is 2. The van der Waals surface area contributed by atoms with Crippen molar-refractivity contribution in [2.75, 3.05) is 26.2 Å². The number of benzene rings is 1. The molecule has 6 nitrogen and oxygen atoms in total. The van der Waals surface area contributed by atoms with E-state index in [0.717, 1.165) is 50.0 Å². The first-order valence-corrected chi connectivity index (χ1v) is 9.36. The SMILES string of the molecule is O=C(NC1CCN(CC2CCCCO2)CC1)c1ccc2[nH]ncc2c1. The van der Waals surface area contributed by atoms with Crippen molar-refractivity contribution >= 4 is 16.8 Å². The van der Waals surface area contributed by atoms with Crippen LogP contribution in [0, 0.1) is 0 Å². The van der Waals surface area contributed by atoms with Gasteiger partial charge in [0.2, 0.25) is 0 Å². The molecule has 2 aliphatic heterocycles. The standard InChI is InChI=1S/C19H26N4O2/c24-19(14-4-5-18-15(11-14)12-20-22-18)21-16-6-8-23(9-7-16)13-17-3-1-2-10-25-17/h4-5,11-12,16-17H,1-3,6-10,13H2,(H,20,22)(H,21,24). The highest BCUT2D eigenvalue weighted by Gasteiger charge is 2.24. The zero-order valence-electron chi connectivity index (χ0n) is 14.5. The second-order valence-corrected chi connectivity index (χ2v) is 7.21. The largest absolute Gasteiger partial charge is 0.377 e. The van der Waals surface area contributed by atoms with Gasteiger partial charge in [-0.3, -0.25) is 9.89 Å². The van der Waals surface area contributed by atoms with Gasteiger partial charge in [0.05, 0.1) is 17.8 Å². The molecule has 2 N–H and O–H groups in total. The average molecular weight is 342 g/mol. The number of likely N-dealkylation sites (tertiary alicyclic amines) is 1. The van der Waals surface area contributed by atoms with Crippen LogP contribution in [0.2, 0.25) is 0 Å². The number of ether oxygens (including phenoxy) is 1. The van der Waals surface area contributed by atoms with Gasteiger partial charge in [0, 0.05) is 43.2 Å². The number of fused-ring (bicyclic) bond motifs is 1. The zero-order chi connectivity index (χ0) is 17.1. The molecule has 134 valence electrons. The van der Waals surface area contributed by atoms with Crippen molar-refractivity contribution in [1.82, 2.24) is 20.4 Å². The van der Waals surface area contributed by atoms with Gasteiger partial charge in [-0.1, -0.05) is 0 Å². The molecule has 0 spiro atoms. The van der Waals surface area contributed by atoms with E-state index < -0.39 is 0 Å². The number of rotatable bonds is 4. The summed E-state index contributed by atoms with van der Waals surface area (Å²) in [5.74, 6) is 0.0113. The summed E-state index contributed by atoms with van der Waals surface area (Å²) in [5.41, 5.74) is 1.65. The molecule has 2 aliphatic rings. The maximum Gasteiger partial charge on any atom is 0.251 e. The van der Waals surface area contributed by atoms with E-state index in [4.69, 9.17) is 4.74 Å². The fourth-order valence-electron chi connectivity index (χ4n) is 3.85. The normalized spacial score (nSPS) is 23.0. The first-order valence-electron chi connectivity index (χ1n) is 9.36. The summed E-state index contributed by atoms with van der Waals surface area (Å²) in [6, 6.07) is 5.91. The van der Waals surface area contributed by atoms with Crippen LogP contribution in [-0.2, 0) is 4.74 Å². The van der Waals surface area contributed by atoms with Crippen molar-refractivity contribution in [3.63, 3.8) is 0 Å². The maximum atomic E-state index is 12.5. The van der Waals surface area contributed by atoms with Crippen molar-refractivity contribution < 1.29 is 9.53 Å². The summed E-state index contributed by atoms with van der Waals surface area (Å²) in [5, 5.41) is 11.1. The summed E-state index contributed by atoms with van der Waals surface area (Å²) < 4.78 is 5.84. The lowest BCUT2D eigenvalue weighted by molar-refractivity contribution is -0.00996. The van der Waals surface area contributed by atoms with E-state index in [1.807, 2.05) is 18.2 Å². The Labute approximate surface area is 147 Å². The van der Waals surface area contributed by atoms with Gasteiger partial charge >= 0.3 is 0 Å². The quantitative estimate of drug-likeness (QED) is 0.895. The summed E-state index contributed by atoms with van der Waals surface area (Å²) >= 11 is 0. The third kappa shape index (κ3) is 4.02. The molecule has 1 amide bonds. The van der Waals surface area contributed by atoms with Crippen molar-refractivity contribution in [2.45, 2.75) is 44.2 Å². The highest BCUT2D eigenvalue weighted by molar-refractivity contribution is 5.98. The molecule has 1 atom stereocenters.